The van der Waals surface area contributed by atoms with E-state index in [2.05, 4.69) is 5.32 Å². The van der Waals surface area contributed by atoms with Gasteiger partial charge in [-0.05, 0) is 55.3 Å². The van der Waals surface area contributed by atoms with Crippen LogP contribution in [-0.4, -0.2) is 44.3 Å². The highest BCUT2D eigenvalue weighted by atomic mass is 35.5. The molecule has 3 rings (SSSR count). The number of hydrogen-bond donors (Lipinski definition) is 1. The summed E-state index contributed by atoms with van der Waals surface area (Å²) in [6.45, 7) is 3.28. The minimum absolute atomic E-state index is 0.00578. The molecule has 3 aromatic carbocycles. The Morgan fingerprint density at radius 1 is 0.921 bits per heavy atom. The van der Waals surface area contributed by atoms with Crippen molar-refractivity contribution < 1.29 is 18.0 Å². The van der Waals surface area contributed by atoms with Crippen LogP contribution in [0.3, 0.4) is 0 Å². The van der Waals surface area contributed by atoms with Gasteiger partial charge in [-0.15, -0.1) is 0 Å². The molecule has 0 radical (unpaired) electrons. The van der Waals surface area contributed by atoms with E-state index >= 15 is 0 Å². The molecule has 0 fully saturated rings. The highest BCUT2D eigenvalue weighted by molar-refractivity contribution is 7.92. The quantitative estimate of drug-likeness (QED) is 0.304. The molecule has 38 heavy (non-hydrogen) atoms. The van der Waals surface area contributed by atoms with Crippen LogP contribution in [-0.2, 0) is 26.2 Å². The van der Waals surface area contributed by atoms with E-state index in [1.807, 2.05) is 6.92 Å². The van der Waals surface area contributed by atoms with Gasteiger partial charge < -0.3 is 10.2 Å². The summed E-state index contributed by atoms with van der Waals surface area (Å²) in [6, 6.07) is 18.0. The van der Waals surface area contributed by atoms with Gasteiger partial charge in [0.05, 0.1) is 15.6 Å². The Balaban J connectivity index is 2.04. The molecule has 0 saturated carbocycles. The number of carbonyl (C=O) groups excluding carboxylic acids is 2. The van der Waals surface area contributed by atoms with Gasteiger partial charge in [0.1, 0.15) is 12.6 Å². The van der Waals surface area contributed by atoms with Crippen LogP contribution in [0, 0.1) is 0 Å². The van der Waals surface area contributed by atoms with Gasteiger partial charge in [-0.1, -0.05) is 78.1 Å². The zero-order chi connectivity index (χ0) is 27.9. The molecule has 0 bridgehead atoms. The summed E-state index contributed by atoms with van der Waals surface area (Å²) in [5.41, 5.74) is 0.689. The number of amides is 2. The molecule has 0 heterocycles. The number of halogens is 3. The first-order valence-electron chi connectivity index (χ1n) is 11.9. The second-order valence-electron chi connectivity index (χ2n) is 8.50. The smallest absolute Gasteiger partial charge is 0.264 e. The average Bonchev–Trinajstić information content (AvgIpc) is 2.90. The fourth-order valence-corrected chi connectivity index (χ4v) is 5.91. The van der Waals surface area contributed by atoms with E-state index < -0.39 is 28.5 Å². The van der Waals surface area contributed by atoms with Crippen LogP contribution in [0.25, 0.3) is 0 Å². The Kier molecular flexibility index (Phi) is 10.4. The first kappa shape index (κ1) is 29.8. The molecule has 7 nitrogen and oxygen atoms in total. The van der Waals surface area contributed by atoms with E-state index in [-0.39, 0.29) is 28.1 Å². The van der Waals surface area contributed by atoms with Gasteiger partial charge in [0, 0.05) is 23.1 Å². The Morgan fingerprint density at radius 2 is 1.58 bits per heavy atom. The van der Waals surface area contributed by atoms with Gasteiger partial charge in [-0.3, -0.25) is 13.9 Å². The van der Waals surface area contributed by atoms with E-state index in [4.69, 9.17) is 34.8 Å². The predicted molar refractivity (Wildman–Crippen MR) is 152 cm³/mol. The first-order valence-corrected chi connectivity index (χ1v) is 14.5. The van der Waals surface area contributed by atoms with Gasteiger partial charge in [0.25, 0.3) is 10.0 Å². The number of hydrogen-bond acceptors (Lipinski definition) is 4. The van der Waals surface area contributed by atoms with Crippen molar-refractivity contribution in [2.45, 2.75) is 37.8 Å². The third-order valence-electron chi connectivity index (χ3n) is 5.80. The van der Waals surface area contributed by atoms with Crippen molar-refractivity contribution in [3.05, 3.63) is 93.4 Å². The molecule has 0 spiro atoms. The van der Waals surface area contributed by atoms with Crippen LogP contribution in [0.5, 0.6) is 0 Å². The molecule has 0 saturated heterocycles. The Morgan fingerprint density at radius 3 is 2.21 bits per heavy atom. The van der Waals surface area contributed by atoms with Crippen LogP contribution in [0.15, 0.2) is 77.7 Å². The monoisotopic (exact) mass is 595 g/mol. The van der Waals surface area contributed by atoms with Crippen molar-refractivity contribution in [3.63, 3.8) is 0 Å². The van der Waals surface area contributed by atoms with Crippen LogP contribution < -0.4 is 9.62 Å². The third-order valence-corrected chi connectivity index (χ3v) is 8.48. The lowest BCUT2D eigenvalue weighted by Gasteiger charge is -2.32. The van der Waals surface area contributed by atoms with Crippen LogP contribution in [0.1, 0.15) is 25.8 Å². The highest BCUT2D eigenvalue weighted by Crippen LogP contribution is 2.31. The molecule has 0 aromatic heterocycles. The topological polar surface area (TPSA) is 86.8 Å². The third kappa shape index (κ3) is 7.20. The molecule has 1 N–H and O–H groups in total. The minimum Gasteiger partial charge on any atom is -0.354 e. The molecule has 202 valence electrons. The summed E-state index contributed by atoms with van der Waals surface area (Å²) in [7, 11) is -4.19. The van der Waals surface area contributed by atoms with Crippen molar-refractivity contribution in [3.8, 4) is 0 Å². The van der Waals surface area contributed by atoms with Crippen molar-refractivity contribution in [2.24, 2.45) is 0 Å². The van der Waals surface area contributed by atoms with Gasteiger partial charge in [-0.2, -0.15) is 0 Å². The highest BCUT2D eigenvalue weighted by Gasteiger charge is 2.33. The maximum Gasteiger partial charge on any atom is 0.264 e. The number of para-hydroxylation sites is 1. The van der Waals surface area contributed by atoms with E-state index in [9.17, 15) is 18.0 Å². The van der Waals surface area contributed by atoms with Crippen LogP contribution in [0.2, 0.25) is 15.1 Å². The molecule has 2 amide bonds. The number of nitrogens with one attached hydrogen (secondary N) is 1. The van der Waals surface area contributed by atoms with Gasteiger partial charge in [-0.25, -0.2) is 8.42 Å². The fourth-order valence-electron chi connectivity index (χ4n) is 3.70. The summed E-state index contributed by atoms with van der Waals surface area (Å²) in [5.74, 6) is -0.991. The number of nitrogens with zero attached hydrogens (tertiary/aromatic N) is 2. The summed E-state index contributed by atoms with van der Waals surface area (Å²) >= 11 is 18.8. The summed E-state index contributed by atoms with van der Waals surface area (Å²) in [5, 5.41) is 3.68. The summed E-state index contributed by atoms with van der Waals surface area (Å²) in [6.07, 6.45) is 0.713. The molecule has 0 aliphatic carbocycles. The molecule has 0 aliphatic heterocycles. The predicted octanol–water partition coefficient (Wildman–Crippen LogP) is 5.79. The van der Waals surface area contributed by atoms with E-state index in [1.165, 1.54) is 23.1 Å². The number of sulfonamides is 1. The van der Waals surface area contributed by atoms with E-state index in [1.54, 1.807) is 61.5 Å². The normalized spacial score (nSPS) is 12.0. The maximum atomic E-state index is 13.8. The Labute approximate surface area is 238 Å². The van der Waals surface area contributed by atoms with Crippen molar-refractivity contribution >= 4 is 62.3 Å². The molecule has 1 unspecified atom stereocenters. The van der Waals surface area contributed by atoms with Gasteiger partial charge in [0.15, 0.2) is 0 Å². The Hall–Kier alpha value is -2.78. The van der Waals surface area contributed by atoms with Crippen molar-refractivity contribution in [2.75, 3.05) is 17.4 Å². The Bertz CT molecular complexity index is 1390. The molecular formula is C27H28Cl3N3O4S. The van der Waals surface area contributed by atoms with Crippen LogP contribution in [0.4, 0.5) is 5.69 Å². The fraction of sp³-hybridized carbons (Fsp3) is 0.259. The van der Waals surface area contributed by atoms with E-state index in [0.29, 0.717) is 28.6 Å². The van der Waals surface area contributed by atoms with Crippen molar-refractivity contribution in [1.82, 2.24) is 10.2 Å². The molecule has 3 aromatic rings. The zero-order valence-electron chi connectivity index (χ0n) is 20.9. The minimum atomic E-state index is -4.19. The first-order chi connectivity index (χ1) is 18.1. The molecule has 1 atom stereocenters. The second-order valence-corrected chi connectivity index (χ2v) is 11.6. The summed E-state index contributed by atoms with van der Waals surface area (Å²) < 4.78 is 28.4. The number of carbonyl (C=O) groups is 2. The SMILES string of the molecule is CCCNC(=O)C(C)N(Cc1ccc(Cl)cc1Cl)C(=O)CN(c1ccccc1Cl)S(=O)(=O)c1ccccc1. The number of anilines is 1. The molecule has 0 aliphatic rings. The maximum absolute atomic E-state index is 13.8. The standard InChI is InChI=1S/C27H28Cl3N3O4S/c1-3-15-31-27(35)19(2)32(17-20-13-14-21(28)16-24(20)30)26(34)18-33(25-12-8-7-11-23(25)29)38(36,37)22-9-5-4-6-10-22/h4-14,16,19H,3,15,17-18H2,1-2H3,(H,31,35). The lowest BCUT2D eigenvalue weighted by atomic mass is 10.1. The molecular weight excluding hydrogens is 569 g/mol. The summed E-state index contributed by atoms with van der Waals surface area (Å²) in [4.78, 5) is 28.0. The lowest BCUT2D eigenvalue weighted by Crippen LogP contribution is -2.51. The number of benzene rings is 3. The molecule has 11 heteroatoms. The second kappa shape index (κ2) is 13.3. The van der Waals surface area contributed by atoms with Crippen LogP contribution >= 0.6 is 34.8 Å². The largest absolute Gasteiger partial charge is 0.354 e. The number of rotatable bonds is 11. The van der Waals surface area contributed by atoms with Gasteiger partial charge in [0.2, 0.25) is 11.8 Å². The van der Waals surface area contributed by atoms with Gasteiger partial charge >= 0.3 is 0 Å². The zero-order valence-corrected chi connectivity index (χ0v) is 24.0. The van der Waals surface area contributed by atoms with E-state index in [0.717, 1.165) is 4.31 Å². The lowest BCUT2D eigenvalue weighted by molar-refractivity contribution is -0.139. The van der Waals surface area contributed by atoms with Crippen molar-refractivity contribution in [1.29, 1.82) is 0 Å². The average molecular weight is 597 g/mol.